The number of hydrogen-bond donors (Lipinski definition) is 2. The molecule has 0 unspecified atom stereocenters. The van der Waals surface area contributed by atoms with E-state index in [1.807, 2.05) is 0 Å². The molecule has 0 spiro atoms. The van der Waals surface area contributed by atoms with Gasteiger partial charge in [0, 0.05) is 11.5 Å². The number of methoxy groups -OCH3 is 1. The normalized spacial score (nSPS) is 10.3. The molecule has 0 saturated heterocycles. The third-order valence-electron chi connectivity index (χ3n) is 2.27. The minimum atomic E-state index is -0.518. The van der Waals surface area contributed by atoms with Gasteiger partial charge < -0.3 is 15.6 Å². The summed E-state index contributed by atoms with van der Waals surface area (Å²) in [4.78, 5) is 15.6. The van der Waals surface area contributed by atoms with E-state index in [0.717, 1.165) is 0 Å². The Morgan fingerprint density at radius 3 is 2.94 bits per heavy atom. The predicted octanol–water partition coefficient (Wildman–Crippen LogP) is 1.31. The summed E-state index contributed by atoms with van der Waals surface area (Å²) in [6.07, 6.45) is 1.37. The number of rotatable bonds is 1. The lowest BCUT2D eigenvalue weighted by Crippen LogP contribution is -2.07. The molecule has 0 aliphatic heterocycles. The third-order valence-corrected chi connectivity index (χ3v) is 2.27. The smallest absolute Gasteiger partial charge is 0.340 e. The molecule has 0 radical (unpaired) electrons. The number of nitrogen functional groups attached to an aromatic ring is 1. The fourth-order valence-corrected chi connectivity index (χ4v) is 1.53. The molecule has 0 aliphatic rings. The first kappa shape index (κ1) is 10.2. The van der Waals surface area contributed by atoms with Crippen molar-refractivity contribution in [3.05, 3.63) is 30.0 Å². The summed E-state index contributed by atoms with van der Waals surface area (Å²) in [5.74, 6) is -0.434. The Morgan fingerprint density at radius 2 is 2.25 bits per heavy atom. The number of esters is 1. The summed E-state index contributed by atoms with van der Waals surface area (Å²) >= 11 is 0. The van der Waals surface area contributed by atoms with E-state index < -0.39 is 5.97 Å². The van der Waals surface area contributed by atoms with Crippen molar-refractivity contribution in [3.8, 4) is 5.75 Å². The zero-order chi connectivity index (χ0) is 11.7. The van der Waals surface area contributed by atoms with Crippen molar-refractivity contribution in [1.82, 2.24) is 4.98 Å². The quantitative estimate of drug-likeness (QED) is 0.705. The molecular weight excluding hydrogens is 208 g/mol. The van der Waals surface area contributed by atoms with Gasteiger partial charge in [0.05, 0.1) is 30.1 Å². The highest BCUT2D eigenvalue weighted by molar-refractivity contribution is 6.07. The number of phenolic OH excluding ortho intramolecular Hbond substituents is 1. The van der Waals surface area contributed by atoms with Crippen LogP contribution in [0.1, 0.15) is 10.4 Å². The van der Waals surface area contributed by atoms with Crippen LogP contribution in [0.15, 0.2) is 24.4 Å². The maximum Gasteiger partial charge on any atom is 0.340 e. The first-order chi connectivity index (χ1) is 7.63. The molecular formula is C11H10N2O3. The number of anilines is 1. The van der Waals surface area contributed by atoms with E-state index in [1.165, 1.54) is 25.4 Å². The summed E-state index contributed by atoms with van der Waals surface area (Å²) in [6, 6.07) is 4.51. The molecule has 5 nitrogen and oxygen atoms in total. The molecule has 1 aromatic heterocycles. The fourth-order valence-electron chi connectivity index (χ4n) is 1.53. The average molecular weight is 218 g/mol. The van der Waals surface area contributed by atoms with Crippen molar-refractivity contribution in [2.75, 3.05) is 12.8 Å². The molecule has 0 amide bonds. The zero-order valence-corrected chi connectivity index (χ0v) is 8.60. The lowest BCUT2D eigenvalue weighted by molar-refractivity contribution is 0.0604. The maximum atomic E-state index is 11.5. The number of carbonyl (C=O) groups excluding carboxylic acids is 1. The van der Waals surface area contributed by atoms with E-state index in [4.69, 9.17) is 5.73 Å². The Labute approximate surface area is 91.5 Å². The SMILES string of the molecule is COC(=O)c1c(N)cnc2cc(O)ccc12. The molecule has 3 N–H and O–H groups in total. The average Bonchev–Trinajstić information content (AvgIpc) is 2.28. The van der Waals surface area contributed by atoms with Gasteiger partial charge in [-0.3, -0.25) is 4.98 Å². The number of carbonyl (C=O) groups is 1. The van der Waals surface area contributed by atoms with Crippen LogP contribution in [-0.4, -0.2) is 23.2 Å². The maximum absolute atomic E-state index is 11.5. The Kier molecular flexibility index (Phi) is 2.36. The van der Waals surface area contributed by atoms with Gasteiger partial charge in [-0.25, -0.2) is 4.79 Å². The van der Waals surface area contributed by atoms with Gasteiger partial charge in [-0.1, -0.05) is 0 Å². The number of ether oxygens (including phenoxy) is 1. The fraction of sp³-hybridized carbons (Fsp3) is 0.0909. The highest BCUT2D eigenvalue weighted by Crippen LogP contribution is 2.25. The van der Waals surface area contributed by atoms with Crippen LogP contribution in [0.25, 0.3) is 10.9 Å². The molecule has 82 valence electrons. The van der Waals surface area contributed by atoms with E-state index in [1.54, 1.807) is 6.07 Å². The second kappa shape index (κ2) is 3.69. The molecule has 0 bridgehead atoms. The Morgan fingerprint density at radius 1 is 1.50 bits per heavy atom. The number of fused-ring (bicyclic) bond motifs is 1. The molecule has 1 heterocycles. The Bertz CT molecular complexity index is 566. The van der Waals surface area contributed by atoms with Crippen LogP contribution < -0.4 is 5.73 Å². The van der Waals surface area contributed by atoms with Gasteiger partial charge in [0.15, 0.2) is 0 Å². The van der Waals surface area contributed by atoms with Crippen LogP contribution >= 0.6 is 0 Å². The molecule has 5 heteroatoms. The molecule has 16 heavy (non-hydrogen) atoms. The van der Waals surface area contributed by atoms with E-state index in [9.17, 15) is 9.90 Å². The topological polar surface area (TPSA) is 85.4 Å². The number of aromatic hydroxyl groups is 1. The highest BCUT2D eigenvalue weighted by atomic mass is 16.5. The first-order valence-electron chi connectivity index (χ1n) is 4.59. The standard InChI is InChI=1S/C11H10N2O3/c1-16-11(15)10-7-3-2-6(14)4-9(7)13-5-8(10)12/h2-5,14H,12H2,1H3. The number of nitrogens with two attached hydrogens (primary N) is 1. The van der Waals surface area contributed by atoms with Crippen LogP contribution in [0.3, 0.4) is 0 Å². The number of phenols is 1. The number of hydrogen-bond acceptors (Lipinski definition) is 5. The molecule has 2 rings (SSSR count). The number of aromatic nitrogens is 1. The second-order valence-corrected chi connectivity index (χ2v) is 3.28. The van der Waals surface area contributed by atoms with Gasteiger partial charge in [0.25, 0.3) is 0 Å². The lowest BCUT2D eigenvalue weighted by Gasteiger charge is -2.07. The number of benzene rings is 1. The van der Waals surface area contributed by atoms with Crippen LogP contribution in [0.4, 0.5) is 5.69 Å². The van der Waals surface area contributed by atoms with Crippen LogP contribution in [0, 0.1) is 0 Å². The monoisotopic (exact) mass is 218 g/mol. The number of pyridine rings is 1. The predicted molar refractivity (Wildman–Crippen MR) is 59.2 cm³/mol. The molecule has 0 saturated carbocycles. The van der Waals surface area contributed by atoms with Crippen molar-refractivity contribution in [2.24, 2.45) is 0 Å². The Hall–Kier alpha value is -2.30. The lowest BCUT2D eigenvalue weighted by atomic mass is 10.1. The molecule has 0 aliphatic carbocycles. The van der Waals surface area contributed by atoms with Crippen molar-refractivity contribution >= 4 is 22.6 Å². The van der Waals surface area contributed by atoms with E-state index in [0.29, 0.717) is 10.9 Å². The molecule has 0 atom stereocenters. The minimum Gasteiger partial charge on any atom is -0.508 e. The van der Waals surface area contributed by atoms with Gasteiger partial charge >= 0.3 is 5.97 Å². The molecule has 2 aromatic rings. The van der Waals surface area contributed by atoms with Crippen molar-refractivity contribution in [2.45, 2.75) is 0 Å². The largest absolute Gasteiger partial charge is 0.508 e. The highest BCUT2D eigenvalue weighted by Gasteiger charge is 2.15. The van der Waals surface area contributed by atoms with Gasteiger partial charge in [0.1, 0.15) is 5.75 Å². The third kappa shape index (κ3) is 1.52. The van der Waals surface area contributed by atoms with E-state index in [-0.39, 0.29) is 17.0 Å². The summed E-state index contributed by atoms with van der Waals surface area (Å²) < 4.78 is 4.65. The minimum absolute atomic E-state index is 0.0839. The van der Waals surface area contributed by atoms with Crippen LogP contribution in [0.2, 0.25) is 0 Å². The van der Waals surface area contributed by atoms with Gasteiger partial charge in [-0.15, -0.1) is 0 Å². The van der Waals surface area contributed by atoms with Gasteiger partial charge in [-0.05, 0) is 12.1 Å². The summed E-state index contributed by atoms with van der Waals surface area (Å²) in [5.41, 5.74) is 6.70. The molecule has 1 aromatic carbocycles. The zero-order valence-electron chi connectivity index (χ0n) is 8.60. The van der Waals surface area contributed by atoms with Crippen molar-refractivity contribution < 1.29 is 14.6 Å². The number of nitrogens with zero attached hydrogens (tertiary/aromatic N) is 1. The van der Waals surface area contributed by atoms with E-state index in [2.05, 4.69) is 9.72 Å². The van der Waals surface area contributed by atoms with Crippen molar-refractivity contribution in [1.29, 1.82) is 0 Å². The van der Waals surface area contributed by atoms with Crippen LogP contribution in [0.5, 0.6) is 5.75 Å². The second-order valence-electron chi connectivity index (χ2n) is 3.28. The summed E-state index contributed by atoms with van der Waals surface area (Å²) in [7, 11) is 1.29. The first-order valence-corrected chi connectivity index (χ1v) is 4.59. The molecule has 0 fully saturated rings. The summed E-state index contributed by atoms with van der Waals surface area (Å²) in [6.45, 7) is 0. The van der Waals surface area contributed by atoms with Gasteiger partial charge in [0.2, 0.25) is 0 Å². The van der Waals surface area contributed by atoms with Crippen LogP contribution in [-0.2, 0) is 4.74 Å². The Balaban J connectivity index is 2.79. The van der Waals surface area contributed by atoms with E-state index >= 15 is 0 Å². The summed E-state index contributed by atoms with van der Waals surface area (Å²) in [5, 5.41) is 9.86. The van der Waals surface area contributed by atoms with Gasteiger partial charge in [-0.2, -0.15) is 0 Å². The van der Waals surface area contributed by atoms with Crippen molar-refractivity contribution in [3.63, 3.8) is 0 Å².